The molecule has 6 N–H and O–H groups in total. The second kappa shape index (κ2) is 24.0. The highest BCUT2D eigenvalue weighted by Crippen LogP contribution is 2.30. The molecule has 0 spiro atoms. The molecule has 0 radical (unpaired) electrons. The van der Waals surface area contributed by atoms with Gasteiger partial charge in [0, 0.05) is 54.7 Å². The van der Waals surface area contributed by atoms with Gasteiger partial charge in [-0.1, -0.05) is 128 Å². The maximum atomic E-state index is 15.1. The van der Waals surface area contributed by atoms with Crippen LogP contribution < -0.4 is 26.4 Å². The number of Topliss-reactive ketones (excluding diaryl/α,β-unsaturated/α-hetero) is 2. The molecule has 3 heterocycles. The highest BCUT2D eigenvalue weighted by atomic mass is 16.5. The minimum Gasteiger partial charge on any atom is -0.489 e. The van der Waals surface area contributed by atoms with Gasteiger partial charge in [-0.2, -0.15) is 0 Å². The van der Waals surface area contributed by atoms with Crippen molar-refractivity contribution in [2.45, 2.75) is 95.5 Å². The Morgan fingerprint density at radius 1 is 0.606 bits per heavy atom. The monoisotopic (exact) mass is 956 g/mol. The number of para-hydroxylation sites is 1. The molecule has 71 heavy (non-hydrogen) atoms. The molecule has 0 unspecified atom stereocenters. The first-order chi connectivity index (χ1) is 34.5. The summed E-state index contributed by atoms with van der Waals surface area (Å²) in [6.45, 7) is 2.96. The lowest BCUT2D eigenvalue weighted by Gasteiger charge is -2.31. The summed E-state index contributed by atoms with van der Waals surface area (Å²) < 4.78 is 6.05. The standard InChI is InChI=1S/C58H64N6O7/c1-38-29-51-57(69)63-54(42-19-9-4-10-20-42)53(66)34-44(32-45-35-60-48-22-12-11-21-47(45)48)56(68)61-49(23-13-14-28-59)52(65)33-43(30-40-24-26-46(27-25-40)71-37-41-17-7-3-8-18-41)55(67)62-50(58(70)64(51)36-38)31-39-15-5-2-6-16-39/h2-12,15-22,24-27,35,38,43-44,49-51,54,60H,13-14,23,28-34,36-37,59H2,1H3,(H,61,68)(H,62,67)(H,63,69)/t38-,43-,44+,49+,50+,51+,54+/m1/s1. The van der Waals surface area contributed by atoms with Crippen molar-refractivity contribution in [3.8, 4) is 5.75 Å². The highest BCUT2D eigenvalue weighted by molar-refractivity contribution is 5.99. The first kappa shape index (κ1) is 50.0. The van der Waals surface area contributed by atoms with Gasteiger partial charge in [-0.15, -0.1) is 0 Å². The number of carbonyl (C=O) groups is 6. The van der Waals surface area contributed by atoms with Gasteiger partial charge in [0.15, 0.2) is 11.6 Å². The summed E-state index contributed by atoms with van der Waals surface area (Å²) in [6, 6.07) is 38.9. The van der Waals surface area contributed by atoms with Crippen molar-refractivity contribution >= 4 is 46.1 Å². The molecule has 4 amide bonds. The normalized spacial score (nSPS) is 22.8. The summed E-state index contributed by atoms with van der Waals surface area (Å²) >= 11 is 0. The van der Waals surface area contributed by atoms with Crippen molar-refractivity contribution in [3.05, 3.63) is 174 Å². The third-order valence-corrected chi connectivity index (χ3v) is 13.8. The van der Waals surface area contributed by atoms with Crippen LogP contribution in [0.15, 0.2) is 146 Å². The van der Waals surface area contributed by atoms with E-state index in [1.54, 1.807) is 24.3 Å². The fourth-order valence-electron chi connectivity index (χ4n) is 9.98. The van der Waals surface area contributed by atoms with E-state index >= 15 is 4.79 Å². The molecule has 2 aliphatic heterocycles. The van der Waals surface area contributed by atoms with Gasteiger partial charge in [0.2, 0.25) is 23.6 Å². The van der Waals surface area contributed by atoms with Crippen molar-refractivity contribution in [1.82, 2.24) is 25.8 Å². The average molecular weight is 957 g/mol. The van der Waals surface area contributed by atoms with Crippen LogP contribution in [0.2, 0.25) is 0 Å². The first-order valence-corrected chi connectivity index (χ1v) is 24.9. The fraction of sp³-hybridized carbons (Fsp3) is 0.345. The number of nitrogens with zero attached hydrogens (tertiary/aromatic N) is 1. The summed E-state index contributed by atoms with van der Waals surface area (Å²) in [5.41, 5.74) is 10.7. The van der Waals surface area contributed by atoms with Gasteiger partial charge in [-0.3, -0.25) is 28.8 Å². The minimum absolute atomic E-state index is 0.0757. The van der Waals surface area contributed by atoms with Crippen molar-refractivity contribution < 1.29 is 33.5 Å². The molecule has 1 aromatic heterocycles. The Balaban J connectivity index is 1.17. The summed E-state index contributed by atoms with van der Waals surface area (Å²) in [7, 11) is 0. The predicted octanol–water partition coefficient (Wildman–Crippen LogP) is 7.13. The molecule has 2 fully saturated rings. The van der Waals surface area contributed by atoms with E-state index in [1.165, 1.54) is 4.90 Å². The number of H-pyrrole nitrogens is 1. The number of hydrogen-bond donors (Lipinski definition) is 5. The lowest BCUT2D eigenvalue weighted by molar-refractivity contribution is -0.143. The van der Waals surface area contributed by atoms with Gasteiger partial charge in [-0.25, -0.2) is 0 Å². The summed E-state index contributed by atoms with van der Waals surface area (Å²) in [5.74, 6) is -4.07. The Kier molecular flexibility index (Phi) is 16.9. The van der Waals surface area contributed by atoms with Crippen molar-refractivity contribution in [2.75, 3.05) is 13.1 Å². The van der Waals surface area contributed by atoms with E-state index < -0.39 is 65.4 Å². The van der Waals surface area contributed by atoms with Gasteiger partial charge in [0.05, 0.1) is 6.04 Å². The Hall–Kier alpha value is -7.38. The van der Waals surface area contributed by atoms with E-state index in [9.17, 15) is 24.0 Å². The van der Waals surface area contributed by atoms with Crippen LogP contribution in [-0.2, 0) is 54.6 Å². The van der Waals surface area contributed by atoms with Crippen LogP contribution in [0.3, 0.4) is 0 Å². The van der Waals surface area contributed by atoms with E-state index in [1.807, 2.05) is 128 Å². The fourth-order valence-corrected chi connectivity index (χ4v) is 9.98. The third-order valence-electron chi connectivity index (χ3n) is 13.8. The smallest absolute Gasteiger partial charge is 0.246 e. The summed E-state index contributed by atoms with van der Waals surface area (Å²) in [4.78, 5) is 94.2. The number of fused-ring (bicyclic) bond motifs is 2. The van der Waals surface area contributed by atoms with Crippen LogP contribution in [-0.4, -0.2) is 76.3 Å². The molecule has 2 saturated heterocycles. The van der Waals surface area contributed by atoms with E-state index in [0.717, 1.165) is 33.2 Å². The highest BCUT2D eigenvalue weighted by Gasteiger charge is 2.43. The molecule has 13 nitrogen and oxygen atoms in total. The molecule has 0 saturated carbocycles. The zero-order valence-electron chi connectivity index (χ0n) is 40.3. The zero-order chi connectivity index (χ0) is 49.7. The molecule has 5 aromatic carbocycles. The zero-order valence-corrected chi connectivity index (χ0v) is 40.3. The molecule has 13 heteroatoms. The summed E-state index contributed by atoms with van der Waals surface area (Å²) in [5, 5.41) is 10.0. The van der Waals surface area contributed by atoms with Crippen molar-refractivity contribution in [3.63, 3.8) is 0 Å². The number of hydrogen-bond acceptors (Lipinski definition) is 8. The quantitative estimate of drug-likeness (QED) is 0.0712. The van der Waals surface area contributed by atoms with E-state index in [4.69, 9.17) is 10.5 Å². The lowest BCUT2D eigenvalue weighted by atomic mass is 9.87. The lowest BCUT2D eigenvalue weighted by Crippen LogP contribution is -2.56. The molecule has 8 rings (SSSR count). The van der Waals surface area contributed by atoms with E-state index in [-0.39, 0.29) is 56.8 Å². The van der Waals surface area contributed by atoms with Gasteiger partial charge >= 0.3 is 0 Å². The molecular weight excluding hydrogens is 893 g/mol. The maximum absolute atomic E-state index is 15.1. The van der Waals surface area contributed by atoms with Gasteiger partial charge in [0.25, 0.3) is 0 Å². The third kappa shape index (κ3) is 13.1. The number of ketones is 2. The molecule has 0 bridgehead atoms. The largest absolute Gasteiger partial charge is 0.489 e. The van der Waals surface area contributed by atoms with E-state index in [0.29, 0.717) is 43.7 Å². The van der Waals surface area contributed by atoms with E-state index in [2.05, 4.69) is 20.9 Å². The Morgan fingerprint density at radius 2 is 1.21 bits per heavy atom. The van der Waals surface area contributed by atoms with Crippen LogP contribution in [0.25, 0.3) is 10.9 Å². The number of aromatic amines is 1. The number of ether oxygens (including phenoxy) is 1. The molecular formula is C58H64N6O7. The van der Waals surface area contributed by atoms with Crippen LogP contribution in [0.5, 0.6) is 5.75 Å². The Morgan fingerprint density at radius 3 is 1.92 bits per heavy atom. The Bertz CT molecular complexity index is 2760. The second-order valence-corrected chi connectivity index (χ2v) is 19.2. The van der Waals surface area contributed by atoms with Crippen LogP contribution >= 0.6 is 0 Å². The van der Waals surface area contributed by atoms with Crippen molar-refractivity contribution in [1.29, 1.82) is 0 Å². The van der Waals surface area contributed by atoms with Crippen LogP contribution in [0.1, 0.15) is 79.3 Å². The predicted molar refractivity (Wildman–Crippen MR) is 273 cm³/mol. The molecule has 368 valence electrons. The molecule has 2 aliphatic rings. The maximum Gasteiger partial charge on any atom is 0.246 e. The van der Waals surface area contributed by atoms with Gasteiger partial charge in [-0.05, 0) is 97.0 Å². The van der Waals surface area contributed by atoms with Crippen LogP contribution in [0, 0.1) is 17.8 Å². The number of amides is 4. The first-order valence-electron chi connectivity index (χ1n) is 24.9. The molecule has 7 atom stereocenters. The number of rotatable bonds is 14. The molecule has 0 aliphatic carbocycles. The number of unbranched alkanes of at least 4 members (excludes halogenated alkanes) is 1. The van der Waals surface area contributed by atoms with Crippen LogP contribution in [0.4, 0.5) is 0 Å². The van der Waals surface area contributed by atoms with Crippen molar-refractivity contribution in [2.24, 2.45) is 23.5 Å². The minimum atomic E-state index is -1.15. The number of carbonyl (C=O) groups excluding carboxylic acids is 6. The number of aromatic nitrogens is 1. The van der Waals surface area contributed by atoms with Gasteiger partial charge < -0.3 is 36.3 Å². The molecule has 6 aromatic rings. The summed E-state index contributed by atoms with van der Waals surface area (Å²) in [6.07, 6.45) is 3.42. The number of nitrogens with one attached hydrogen (secondary N) is 4. The second-order valence-electron chi connectivity index (χ2n) is 19.2. The number of nitrogens with two attached hydrogens (primary N) is 1. The topological polar surface area (TPSA) is 193 Å². The Labute approximate surface area is 415 Å². The SMILES string of the molecule is C[C@@H]1C[C@H]2C(=O)N[C@@H](c3ccccc3)C(=O)C[C@H](Cc3c[nH]c4ccccc34)C(=O)N[C@@H](CCCCN)C(=O)C[C@@H](Cc3ccc(OCc4ccccc4)cc3)C(=O)N[C@@H](Cc3ccccc3)C(=O)N2C1. The number of benzene rings is 5. The average Bonchev–Trinajstić information content (AvgIpc) is 4.00. The van der Waals surface area contributed by atoms with Gasteiger partial charge in [0.1, 0.15) is 30.5 Å².